The molecule has 0 spiro atoms. The van der Waals surface area contributed by atoms with Crippen molar-refractivity contribution in [3.63, 3.8) is 0 Å². The molecule has 1 aliphatic rings. The normalized spacial score (nSPS) is 16.9. The van der Waals surface area contributed by atoms with Crippen molar-refractivity contribution < 1.29 is 17.9 Å². The van der Waals surface area contributed by atoms with Gasteiger partial charge in [0.1, 0.15) is 5.75 Å². The fourth-order valence-corrected chi connectivity index (χ4v) is 4.66. The number of hydrogen-bond donors (Lipinski definition) is 0. The molecule has 6 nitrogen and oxygen atoms in total. The van der Waals surface area contributed by atoms with E-state index >= 15 is 0 Å². The van der Waals surface area contributed by atoms with Gasteiger partial charge in [-0.25, -0.2) is 8.42 Å². The average Bonchev–Trinajstić information content (AvgIpc) is 2.60. The molecule has 140 valence electrons. The van der Waals surface area contributed by atoms with Crippen LogP contribution in [0.2, 0.25) is 5.02 Å². The average molecular weight is 389 g/mol. The van der Waals surface area contributed by atoms with Crippen LogP contribution < -0.4 is 4.74 Å². The highest BCUT2D eigenvalue weighted by Gasteiger charge is 2.33. The molecule has 0 N–H and O–H groups in total. The van der Waals surface area contributed by atoms with Gasteiger partial charge in [0.15, 0.2) is 0 Å². The van der Waals surface area contributed by atoms with Gasteiger partial charge in [-0.1, -0.05) is 11.6 Å². The minimum absolute atomic E-state index is 0.0829. The van der Waals surface area contributed by atoms with Gasteiger partial charge in [-0.05, 0) is 44.9 Å². The Hall–Kier alpha value is -1.31. The van der Waals surface area contributed by atoms with Gasteiger partial charge in [-0.2, -0.15) is 4.31 Å². The molecule has 0 aromatic heterocycles. The van der Waals surface area contributed by atoms with E-state index in [0.717, 1.165) is 0 Å². The SMILES string of the molecule is COc1ccc(S(=O)(=O)N2CCC(C(=O)N(C)C(C)C)CC2)cc1Cl. The third-order valence-corrected chi connectivity index (χ3v) is 6.88. The summed E-state index contributed by atoms with van der Waals surface area (Å²) in [7, 11) is -0.362. The third-order valence-electron chi connectivity index (χ3n) is 4.69. The Morgan fingerprint density at radius 2 is 1.92 bits per heavy atom. The Bertz CT molecular complexity index is 728. The fraction of sp³-hybridized carbons (Fsp3) is 0.588. The van der Waals surface area contributed by atoms with Crippen LogP contribution in [-0.2, 0) is 14.8 Å². The molecule has 8 heteroatoms. The molecule has 1 amide bonds. The minimum atomic E-state index is -3.63. The lowest BCUT2D eigenvalue weighted by atomic mass is 9.96. The second kappa shape index (κ2) is 7.93. The van der Waals surface area contributed by atoms with E-state index in [1.807, 2.05) is 13.8 Å². The van der Waals surface area contributed by atoms with Crippen LogP contribution in [0.1, 0.15) is 26.7 Å². The summed E-state index contributed by atoms with van der Waals surface area (Å²) in [6.45, 7) is 4.58. The molecule has 2 rings (SSSR count). The van der Waals surface area contributed by atoms with Gasteiger partial charge in [-0.3, -0.25) is 4.79 Å². The highest BCUT2D eigenvalue weighted by Crippen LogP contribution is 2.30. The van der Waals surface area contributed by atoms with Crippen LogP contribution in [0, 0.1) is 5.92 Å². The first-order valence-electron chi connectivity index (χ1n) is 8.28. The largest absolute Gasteiger partial charge is 0.495 e. The number of methoxy groups -OCH3 is 1. The number of rotatable bonds is 5. The van der Waals surface area contributed by atoms with E-state index in [0.29, 0.717) is 31.7 Å². The lowest BCUT2D eigenvalue weighted by Gasteiger charge is -2.33. The van der Waals surface area contributed by atoms with Crippen LogP contribution in [0.4, 0.5) is 0 Å². The minimum Gasteiger partial charge on any atom is -0.495 e. The molecule has 25 heavy (non-hydrogen) atoms. The van der Waals surface area contributed by atoms with Gasteiger partial charge in [0.05, 0.1) is 17.0 Å². The van der Waals surface area contributed by atoms with Crippen molar-refractivity contribution >= 4 is 27.5 Å². The van der Waals surface area contributed by atoms with E-state index in [-0.39, 0.29) is 27.8 Å². The molecule has 1 aliphatic heterocycles. The molecule has 1 aromatic rings. The molecule has 0 atom stereocenters. The van der Waals surface area contributed by atoms with Gasteiger partial charge in [0.2, 0.25) is 15.9 Å². The Morgan fingerprint density at radius 3 is 2.40 bits per heavy atom. The maximum atomic E-state index is 12.8. The predicted molar refractivity (Wildman–Crippen MR) is 97.4 cm³/mol. The van der Waals surface area contributed by atoms with Crippen LogP contribution in [0.5, 0.6) is 5.75 Å². The summed E-state index contributed by atoms with van der Waals surface area (Å²) >= 11 is 6.05. The summed E-state index contributed by atoms with van der Waals surface area (Å²) < 4.78 is 32.1. The first-order valence-corrected chi connectivity index (χ1v) is 10.1. The first-order chi connectivity index (χ1) is 11.7. The third kappa shape index (κ3) is 4.27. The fourth-order valence-electron chi connectivity index (χ4n) is 2.84. The van der Waals surface area contributed by atoms with Crippen LogP contribution in [0.3, 0.4) is 0 Å². The summed E-state index contributed by atoms with van der Waals surface area (Å²) in [5.74, 6) is 0.388. The molecular weight excluding hydrogens is 364 g/mol. The van der Waals surface area contributed by atoms with Crippen molar-refractivity contribution in [2.75, 3.05) is 27.2 Å². The molecule has 0 unspecified atom stereocenters. The molecule has 0 saturated carbocycles. The summed E-state index contributed by atoms with van der Waals surface area (Å²) in [4.78, 5) is 14.3. The van der Waals surface area contributed by atoms with E-state index in [9.17, 15) is 13.2 Å². The zero-order valence-corrected chi connectivity index (χ0v) is 16.6. The molecule has 0 bridgehead atoms. The second-order valence-corrected chi connectivity index (χ2v) is 8.86. The molecular formula is C17H25ClN2O4S. The van der Waals surface area contributed by atoms with Gasteiger partial charge >= 0.3 is 0 Å². The van der Waals surface area contributed by atoms with E-state index in [4.69, 9.17) is 16.3 Å². The van der Waals surface area contributed by atoms with Crippen molar-refractivity contribution in [1.82, 2.24) is 9.21 Å². The number of carbonyl (C=O) groups excluding carboxylic acids is 1. The standard InChI is InChI=1S/C17H25ClN2O4S/c1-12(2)19(3)17(21)13-7-9-20(10-8-13)25(22,23)14-5-6-16(24-4)15(18)11-14/h5-6,11-13H,7-10H2,1-4H3. The Morgan fingerprint density at radius 1 is 1.32 bits per heavy atom. The molecule has 1 heterocycles. The van der Waals surface area contributed by atoms with Crippen LogP contribution >= 0.6 is 11.6 Å². The monoisotopic (exact) mass is 388 g/mol. The van der Waals surface area contributed by atoms with Crippen LogP contribution in [0.25, 0.3) is 0 Å². The predicted octanol–water partition coefficient (Wildman–Crippen LogP) is 2.62. The van der Waals surface area contributed by atoms with E-state index < -0.39 is 10.0 Å². The number of hydrogen-bond acceptors (Lipinski definition) is 4. The van der Waals surface area contributed by atoms with E-state index in [1.165, 1.54) is 23.5 Å². The summed E-state index contributed by atoms with van der Waals surface area (Å²) in [5.41, 5.74) is 0. The Kier molecular flexibility index (Phi) is 6.35. The van der Waals surface area contributed by atoms with Gasteiger partial charge in [-0.15, -0.1) is 0 Å². The maximum absolute atomic E-state index is 12.8. The second-order valence-electron chi connectivity index (χ2n) is 6.52. The maximum Gasteiger partial charge on any atom is 0.243 e. The Balaban J connectivity index is 2.09. The van der Waals surface area contributed by atoms with Gasteiger partial charge in [0.25, 0.3) is 0 Å². The van der Waals surface area contributed by atoms with E-state index in [2.05, 4.69) is 0 Å². The highest BCUT2D eigenvalue weighted by atomic mass is 35.5. The molecule has 1 aromatic carbocycles. The van der Waals surface area contributed by atoms with Crippen molar-refractivity contribution in [2.24, 2.45) is 5.92 Å². The molecule has 0 aliphatic carbocycles. The number of amides is 1. The quantitative estimate of drug-likeness (QED) is 0.777. The number of ether oxygens (including phenoxy) is 1. The lowest BCUT2D eigenvalue weighted by Crippen LogP contribution is -2.44. The number of piperidine rings is 1. The Labute approximate surface area is 154 Å². The smallest absolute Gasteiger partial charge is 0.243 e. The van der Waals surface area contributed by atoms with E-state index in [1.54, 1.807) is 18.0 Å². The number of benzene rings is 1. The zero-order chi connectivity index (χ0) is 18.8. The van der Waals surface area contributed by atoms with Gasteiger partial charge < -0.3 is 9.64 Å². The molecule has 1 fully saturated rings. The zero-order valence-electron chi connectivity index (χ0n) is 15.0. The summed E-state index contributed by atoms with van der Waals surface area (Å²) in [6, 6.07) is 4.57. The van der Waals surface area contributed by atoms with Gasteiger partial charge in [0, 0.05) is 32.1 Å². The van der Waals surface area contributed by atoms with Crippen molar-refractivity contribution in [3.8, 4) is 5.75 Å². The highest BCUT2D eigenvalue weighted by molar-refractivity contribution is 7.89. The molecule has 0 radical (unpaired) electrons. The molecule has 1 saturated heterocycles. The van der Waals surface area contributed by atoms with Crippen LogP contribution in [0.15, 0.2) is 23.1 Å². The lowest BCUT2D eigenvalue weighted by molar-refractivity contribution is -0.136. The number of carbonyl (C=O) groups is 1. The number of nitrogens with zero attached hydrogens (tertiary/aromatic N) is 2. The summed E-state index contributed by atoms with van der Waals surface area (Å²) in [6.07, 6.45) is 1.05. The first kappa shape index (κ1) is 20.0. The van der Waals surface area contributed by atoms with Crippen molar-refractivity contribution in [3.05, 3.63) is 23.2 Å². The topological polar surface area (TPSA) is 66.9 Å². The summed E-state index contributed by atoms with van der Waals surface area (Å²) in [5, 5.41) is 0.257. The number of sulfonamides is 1. The van der Waals surface area contributed by atoms with Crippen molar-refractivity contribution in [2.45, 2.75) is 37.6 Å². The van der Waals surface area contributed by atoms with Crippen LogP contribution in [-0.4, -0.2) is 56.8 Å². The number of halogens is 1. The van der Waals surface area contributed by atoms with Crippen molar-refractivity contribution in [1.29, 1.82) is 0 Å².